The first kappa shape index (κ1) is 49.8. The second kappa shape index (κ2) is 17.1. The molecule has 4 aliphatic rings. The normalized spacial score (nSPS) is 15.6. The molecule has 0 N–H and O–H groups in total. The Kier molecular flexibility index (Phi) is 9.87. The Morgan fingerprint density at radius 3 is 0.733 bits per heavy atom. The molecule has 4 aliphatic carbocycles. The first-order valence-corrected chi connectivity index (χ1v) is 31.0. The highest BCUT2D eigenvalue weighted by Gasteiger charge is 2.43. The minimum Gasteiger partial charge on any atom is -0.0619 e. The Balaban J connectivity index is 0.791. The van der Waals surface area contributed by atoms with Crippen LogP contribution in [0.15, 0.2) is 243 Å². The summed E-state index contributed by atoms with van der Waals surface area (Å²) in [4.78, 5) is 0. The average molecular weight is 1100 g/mol. The van der Waals surface area contributed by atoms with E-state index in [2.05, 4.69) is 298 Å². The highest BCUT2D eigenvalue weighted by molar-refractivity contribution is 6.21. The zero-order valence-corrected chi connectivity index (χ0v) is 50.1. The van der Waals surface area contributed by atoms with Crippen molar-refractivity contribution in [3.63, 3.8) is 0 Å². The van der Waals surface area contributed by atoms with E-state index >= 15 is 0 Å². The van der Waals surface area contributed by atoms with E-state index in [9.17, 15) is 0 Å². The van der Waals surface area contributed by atoms with Crippen LogP contribution in [0.4, 0.5) is 0 Å². The van der Waals surface area contributed by atoms with Gasteiger partial charge in [0.25, 0.3) is 0 Å². The van der Waals surface area contributed by atoms with Gasteiger partial charge in [0.15, 0.2) is 0 Å². The predicted octanol–water partition coefficient (Wildman–Crippen LogP) is 23.3. The van der Waals surface area contributed by atoms with Crippen molar-refractivity contribution in [3.05, 3.63) is 287 Å². The van der Waals surface area contributed by atoms with Crippen LogP contribution in [0, 0.1) is 0 Å². The highest BCUT2D eigenvalue weighted by atomic mass is 14.5. The predicted molar refractivity (Wildman–Crippen MR) is 366 cm³/mol. The van der Waals surface area contributed by atoms with Gasteiger partial charge in [-0.15, -0.1) is 0 Å². The van der Waals surface area contributed by atoms with Crippen LogP contribution in [0.5, 0.6) is 0 Å². The fourth-order valence-electron chi connectivity index (χ4n) is 17.3. The molecule has 86 heavy (non-hydrogen) atoms. The fraction of sp³-hybridized carbons (Fsp3) is 0.140. The Morgan fingerprint density at radius 2 is 0.395 bits per heavy atom. The molecule has 0 aromatic heterocycles. The number of fused-ring (bicyclic) bond motifs is 21. The molecule has 0 fully saturated rings. The molecule has 0 bridgehead atoms. The van der Waals surface area contributed by atoms with Crippen molar-refractivity contribution in [3.8, 4) is 89.0 Å². The minimum atomic E-state index is -0.283. The van der Waals surface area contributed by atoms with Crippen molar-refractivity contribution in [2.75, 3.05) is 0 Å². The van der Waals surface area contributed by atoms with Gasteiger partial charge >= 0.3 is 0 Å². The van der Waals surface area contributed by atoms with Gasteiger partial charge in [-0.25, -0.2) is 0 Å². The molecule has 0 heterocycles. The smallest absolute Gasteiger partial charge is 0.0159 e. The molecule has 18 rings (SSSR count). The summed E-state index contributed by atoms with van der Waals surface area (Å²) in [6.45, 7) is 19.4. The molecule has 0 aliphatic heterocycles. The van der Waals surface area contributed by atoms with Gasteiger partial charge in [-0.2, -0.15) is 0 Å². The van der Waals surface area contributed by atoms with Crippen LogP contribution in [0.3, 0.4) is 0 Å². The quantitative estimate of drug-likeness (QED) is 0.165. The number of rotatable bonds is 4. The van der Waals surface area contributed by atoms with E-state index in [1.165, 1.54) is 187 Å². The Morgan fingerprint density at radius 1 is 0.163 bits per heavy atom. The molecule has 14 aromatic carbocycles. The third kappa shape index (κ3) is 6.39. The highest BCUT2D eigenvalue weighted by Crippen LogP contribution is 2.61. The van der Waals surface area contributed by atoms with Gasteiger partial charge in [0.1, 0.15) is 0 Å². The molecular weight excluding hydrogens is 1030 g/mol. The van der Waals surface area contributed by atoms with Crippen molar-refractivity contribution in [2.45, 2.75) is 77.0 Å². The van der Waals surface area contributed by atoms with Crippen LogP contribution >= 0.6 is 0 Å². The lowest BCUT2D eigenvalue weighted by Gasteiger charge is -2.25. The fourth-order valence-corrected chi connectivity index (χ4v) is 17.3. The standard InChI is InChI=1S/C86H64/c1-83(2)71-35-21-19-29-59(71)61-39-37-49(43-73(61)83)67-45-75-79(63-31-15-11-25-53(63)67)81-65-33-17-13-27-55(65)69(47-77(81)85(75,5)6)57-41-42-58(52-24-10-9-23-51(52)57)70-48-78-82(66-34-18-14-28-56(66)70)80-64-32-16-12-26-54(64)68(46-76(80)86(78,7)8)50-38-40-62-60-30-20-22-36-72(60)84(3,4)74(62)44-50/h9-48H,1-8H3. The van der Waals surface area contributed by atoms with Crippen molar-refractivity contribution in [1.82, 2.24) is 0 Å². The molecule has 0 saturated heterocycles. The molecule has 408 valence electrons. The molecule has 0 spiro atoms. The lowest BCUT2D eigenvalue weighted by atomic mass is 9.78. The second-order valence-corrected chi connectivity index (χ2v) is 27.4. The largest absolute Gasteiger partial charge is 0.0619 e. The van der Waals surface area contributed by atoms with Gasteiger partial charge in [-0.05, 0) is 224 Å². The summed E-state index contributed by atoms with van der Waals surface area (Å²) in [6, 6.07) is 93.7. The van der Waals surface area contributed by atoms with E-state index < -0.39 is 0 Å². The summed E-state index contributed by atoms with van der Waals surface area (Å²) in [5.74, 6) is 0. The van der Waals surface area contributed by atoms with E-state index in [-0.39, 0.29) is 21.7 Å². The maximum Gasteiger partial charge on any atom is 0.0159 e. The zero-order valence-electron chi connectivity index (χ0n) is 50.1. The van der Waals surface area contributed by atoms with E-state index in [0.717, 1.165) is 0 Å². The summed E-state index contributed by atoms with van der Waals surface area (Å²) >= 11 is 0. The Labute approximate surface area is 504 Å². The van der Waals surface area contributed by atoms with Crippen LogP contribution in [0.2, 0.25) is 0 Å². The van der Waals surface area contributed by atoms with E-state index in [1.54, 1.807) is 0 Å². The van der Waals surface area contributed by atoms with Crippen LogP contribution in [-0.2, 0) is 21.7 Å². The first-order valence-electron chi connectivity index (χ1n) is 31.0. The molecule has 0 unspecified atom stereocenters. The Bertz CT molecular complexity index is 5060. The first-order chi connectivity index (χ1) is 41.7. The van der Waals surface area contributed by atoms with Crippen molar-refractivity contribution in [1.29, 1.82) is 0 Å². The molecule has 0 nitrogen and oxygen atoms in total. The Hall–Kier alpha value is -9.62. The van der Waals surface area contributed by atoms with Gasteiger partial charge in [-0.3, -0.25) is 0 Å². The molecule has 0 amide bonds. The van der Waals surface area contributed by atoms with Crippen LogP contribution in [-0.4, -0.2) is 0 Å². The maximum atomic E-state index is 2.58. The van der Waals surface area contributed by atoms with Crippen molar-refractivity contribution < 1.29 is 0 Å². The third-order valence-electron chi connectivity index (χ3n) is 21.7. The van der Waals surface area contributed by atoms with Crippen LogP contribution < -0.4 is 0 Å². The molecule has 0 radical (unpaired) electrons. The summed E-state index contributed by atoms with van der Waals surface area (Å²) in [5, 5.41) is 12.9. The maximum absolute atomic E-state index is 2.58. The summed E-state index contributed by atoms with van der Waals surface area (Å²) in [5.41, 5.74) is 31.6. The van der Waals surface area contributed by atoms with Crippen molar-refractivity contribution >= 4 is 53.9 Å². The van der Waals surface area contributed by atoms with Crippen molar-refractivity contribution in [2.24, 2.45) is 0 Å². The summed E-state index contributed by atoms with van der Waals surface area (Å²) in [7, 11) is 0. The summed E-state index contributed by atoms with van der Waals surface area (Å²) < 4.78 is 0. The minimum absolute atomic E-state index is 0.0857. The van der Waals surface area contributed by atoms with Gasteiger partial charge in [0.05, 0.1) is 0 Å². The molecule has 0 atom stereocenters. The van der Waals surface area contributed by atoms with E-state index in [1.807, 2.05) is 0 Å². The number of benzene rings is 14. The molecule has 14 aromatic rings. The zero-order chi connectivity index (χ0) is 57.9. The van der Waals surface area contributed by atoms with E-state index in [0.29, 0.717) is 0 Å². The van der Waals surface area contributed by atoms with Crippen LogP contribution in [0.1, 0.15) is 99.9 Å². The monoisotopic (exact) mass is 1100 g/mol. The van der Waals surface area contributed by atoms with Gasteiger partial charge < -0.3 is 0 Å². The second-order valence-electron chi connectivity index (χ2n) is 27.4. The molecule has 0 heteroatoms. The third-order valence-corrected chi connectivity index (χ3v) is 21.7. The lowest BCUT2D eigenvalue weighted by molar-refractivity contribution is 0.660. The van der Waals surface area contributed by atoms with Crippen LogP contribution in [0.25, 0.3) is 143 Å². The van der Waals surface area contributed by atoms with Gasteiger partial charge in [0, 0.05) is 21.7 Å². The van der Waals surface area contributed by atoms with Gasteiger partial charge in [0.2, 0.25) is 0 Å². The molecule has 0 saturated carbocycles. The SMILES string of the molecule is CC1(C)c2ccccc2-c2ccc(-c3cc4c(c5ccccc35)-c3c(cc(-c5ccc(-c6cc7c(c8ccccc68)-c6c(cc(-c8ccc9c(c8)C(C)(C)c8ccccc8-9)c8ccccc68)C7(C)C)c6ccccc56)c5ccccc35)C4(C)C)cc21. The topological polar surface area (TPSA) is 0 Å². The number of hydrogen-bond donors (Lipinski definition) is 0. The summed E-state index contributed by atoms with van der Waals surface area (Å²) in [6.07, 6.45) is 0. The molecular formula is C86H64. The number of hydrogen-bond acceptors (Lipinski definition) is 0. The average Bonchev–Trinajstić information content (AvgIpc) is 1.56. The van der Waals surface area contributed by atoms with E-state index in [4.69, 9.17) is 0 Å². The van der Waals surface area contributed by atoms with Gasteiger partial charge in [-0.1, -0.05) is 262 Å². The lowest BCUT2D eigenvalue weighted by Crippen LogP contribution is -2.16.